The van der Waals surface area contributed by atoms with Crippen molar-refractivity contribution in [2.45, 2.75) is 51.4 Å². The zero-order valence-corrected chi connectivity index (χ0v) is 17.7. The van der Waals surface area contributed by atoms with E-state index in [4.69, 9.17) is 20.9 Å². The van der Waals surface area contributed by atoms with Gasteiger partial charge in [0.2, 0.25) is 0 Å². The van der Waals surface area contributed by atoms with E-state index in [2.05, 4.69) is 4.99 Å². The highest BCUT2D eigenvalue weighted by Crippen LogP contribution is 2.34. The number of aliphatic imine (C=N–C) groups is 1. The van der Waals surface area contributed by atoms with Crippen LogP contribution in [-0.2, 0) is 16.0 Å². The molecule has 0 saturated heterocycles. The molecule has 0 bridgehead atoms. The molecule has 31 heavy (non-hydrogen) atoms. The number of nitrogens with two attached hydrogens (primary N) is 2. The van der Waals surface area contributed by atoms with Crippen molar-refractivity contribution in [3.8, 4) is 5.75 Å². The summed E-state index contributed by atoms with van der Waals surface area (Å²) in [5, 5.41) is 10.8. The second kappa shape index (κ2) is 8.73. The van der Waals surface area contributed by atoms with Crippen molar-refractivity contribution in [2.24, 2.45) is 16.5 Å². The third kappa shape index (κ3) is 5.37. The van der Waals surface area contributed by atoms with Crippen molar-refractivity contribution in [3.63, 3.8) is 0 Å². The number of nitrogens with zero attached hydrogens (tertiary/aromatic N) is 2. The molecule has 9 nitrogen and oxygen atoms in total. The molecule has 0 fully saturated rings. The average molecular weight is 426 g/mol. The number of ether oxygens (including phenoxy) is 2. The van der Waals surface area contributed by atoms with Gasteiger partial charge in [0, 0.05) is 12.1 Å². The van der Waals surface area contributed by atoms with Crippen molar-refractivity contribution in [1.29, 1.82) is 0 Å². The molecular formula is C22H26N4O5. The minimum Gasteiger partial charge on any atom is -0.481 e. The Morgan fingerprint density at radius 3 is 2.61 bits per heavy atom. The van der Waals surface area contributed by atoms with E-state index >= 15 is 0 Å². The molecule has 9 heteroatoms. The van der Waals surface area contributed by atoms with Crippen molar-refractivity contribution < 1.29 is 19.2 Å². The first-order chi connectivity index (χ1) is 14.6. The van der Waals surface area contributed by atoms with Crippen LogP contribution in [0.25, 0.3) is 0 Å². The third-order valence-corrected chi connectivity index (χ3v) is 5.11. The molecule has 0 saturated carbocycles. The Balaban J connectivity index is 1.62. The van der Waals surface area contributed by atoms with E-state index in [1.807, 2.05) is 0 Å². The number of benzene rings is 2. The Morgan fingerprint density at radius 1 is 1.29 bits per heavy atom. The molecule has 0 aliphatic carbocycles. The maximum atomic E-state index is 12.7. The van der Waals surface area contributed by atoms with Gasteiger partial charge < -0.3 is 20.9 Å². The Kier molecular flexibility index (Phi) is 6.26. The van der Waals surface area contributed by atoms with Gasteiger partial charge in [-0.1, -0.05) is 18.2 Å². The van der Waals surface area contributed by atoms with Gasteiger partial charge in [0.25, 0.3) is 5.69 Å². The minimum atomic E-state index is -0.986. The summed E-state index contributed by atoms with van der Waals surface area (Å²) in [7, 11) is 0. The summed E-state index contributed by atoms with van der Waals surface area (Å²) in [6.45, 7) is 5.41. The number of nitro benzene ring substituents is 1. The van der Waals surface area contributed by atoms with Crippen LogP contribution in [0.1, 0.15) is 44.4 Å². The summed E-state index contributed by atoms with van der Waals surface area (Å²) in [6, 6.07) is 10.4. The Morgan fingerprint density at radius 2 is 1.97 bits per heavy atom. The number of nitro groups is 1. The van der Waals surface area contributed by atoms with E-state index in [0.29, 0.717) is 35.7 Å². The van der Waals surface area contributed by atoms with Crippen LogP contribution in [0.15, 0.2) is 47.5 Å². The zero-order chi connectivity index (χ0) is 22.8. The van der Waals surface area contributed by atoms with E-state index in [9.17, 15) is 14.9 Å². The average Bonchev–Trinajstić information content (AvgIpc) is 2.72. The van der Waals surface area contributed by atoms with Gasteiger partial charge in [-0.15, -0.1) is 0 Å². The lowest BCUT2D eigenvalue weighted by molar-refractivity contribution is -0.384. The van der Waals surface area contributed by atoms with Crippen molar-refractivity contribution in [1.82, 2.24) is 0 Å². The third-order valence-electron chi connectivity index (χ3n) is 5.11. The number of carbonyl (C=O) groups is 1. The maximum Gasteiger partial charge on any atom is 0.328 e. The molecule has 2 aromatic carbocycles. The molecule has 1 aliphatic rings. The van der Waals surface area contributed by atoms with E-state index in [-0.39, 0.29) is 11.8 Å². The van der Waals surface area contributed by atoms with Crippen LogP contribution in [0.2, 0.25) is 0 Å². The minimum absolute atomic E-state index is 0.0383. The lowest BCUT2D eigenvalue weighted by atomic mass is 9.98. The van der Waals surface area contributed by atoms with Gasteiger partial charge in [-0.2, -0.15) is 0 Å². The van der Waals surface area contributed by atoms with Crippen LogP contribution in [0, 0.1) is 10.1 Å². The van der Waals surface area contributed by atoms with Crippen molar-refractivity contribution >= 4 is 23.2 Å². The smallest absolute Gasteiger partial charge is 0.328 e. The van der Waals surface area contributed by atoms with Crippen LogP contribution >= 0.6 is 0 Å². The Labute approximate surface area is 180 Å². The van der Waals surface area contributed by atoms with Gasteiger partial charge in [0.05, 0.1) is 4.92 Å². The molecule has 1 aliphatic heterocycles. The zero-order valence-electron chi connectivity index (χ0n) is 17.7. The summed E-state index contributed by atoms with van der Waals surface area (Å²) < 4.78 is 11.3. The SMILES string of the molecule is CC1Oc2ccc(C(N)C(=O)OC(C)(C)CCc3ccc([N+](=O)[O-])cc3)cc2N=C1N. The summed E-state index contributed by atoms with van der Waals surface area (Å²) >= 11 is 0. The summed E-state index contributed by atoms with van der Waals surface area (Å²) in [4.78, 5) is 27.3. The topological polar surface area (TPSA) is 143 Å². The number of esters is 1. The summed E-state index contributed by atoms with van der Waals surface area (Å²) in [6.07, 6.45) is 0.809. The lowest BCUT2D eigenvalue weighted by Crippen LogP contribution is -2.34. The van der Waals surface area contributed by atoms with Crippen LogP contribution in [0.3, 0.4) is 0 Å². The predicted molar refractivity (Wildman–Crippen MR) is 116 cm³/mol. The van der Waals surface area contributed by atoms with Crippen molar-refractivity contribution in [3.05, 3.63) is 63.7 Å². The number of rotatable bonds is 7. The number of hydrogen-bond acceptors (Lipinski definition) is 8. The van der Waals surface area contributed by atoms with Crippen LogP contribution < -0.4 is 16.2 Å². The number of aryl methyl sites for hydroxylation is 1. The van der Waals surface area contributed by atoms with Gasteiger partial charge in [-0.3, -0.25) is 10.1 Å². The Hall–Kier alpha value is -3.46. The first kappa shape index (κ1) is 22.2. The molecular weight excluding hydrogens is 400 g/mol. The second-order valence-electron chi connectivity index (χ2n) is 8.11. The fourth-order valence-electron chi connectivity index (χ4n) is 3.15. The molecule has 4 N–H and O–H groups in total. The highest BCUT2D eigenvalue weighted by Gasteiger charge is 2.28. The highest BCUT2D eigenvalue weighted by atomic mass is 16.6. The van der Waals surface area contributed by atoms with Crippen LogP contribution in [-0.4, -0.2) is 28.4 Å². The second-order valence-corrected chi connectivity index (χ2v) is 8.11. The molecule has 2 atom stereocenters. The van der Waals surface area contributed by atoms with E-state index in [1.165, 1.54) is 12.1 Å². The molecule has 0 radical (unpaired) electrons. The fourth-order valence-corrected chi connectivity index (χ4v) is 3.15. The number of fused-ring (bicyclic) bond motifs is 1. The first-order valence-corrected chi connectivity index (χ1v) is 9.92. The molecule has 1 heterocycles. The van der Waals surface area contributed by atoms with Gasteiger partial charge in [0.1, 0.15) is 28.9 Å². The summed E-state index contributed by atoms with van der Waals surface area (Å²) in [5.41, 5.74) is 13.2. The fraction of sp³-hybridized carbons (Fsp3) is 0.364. The molecule has 0 aromatic heterocycles. The summed E-state index contributed by atoms with van der Waals surface area (Å²) in [5.74, 6) is 0.373. The molecule has 2 aromatic rings. The monoisotopic (exact) mass is 426 g/mol. The van der Waals surface area contributed by atoms with Gasteiger partial charge >= 0.3 is 5.97 Å². The molecule has 0 spiro atoms. The Bertz CT molecular complexity index is 1020. The molecule has 164 valence electrons. The van der Waals surface area contributed by atoms with Crippen LogP contribution in [0.5, 0.6) is 5.75 Å². The van der Waals surface area contributed by atoms with Crippen molar-refractivity contribution in [2.75, 3.05) is 0 Å². The van der Waals surface area contributed by atoms with E-state index in [0.717, 1.165) is 5.56 Å². The van der Waals surface area contributed by atoms with E-state index in [1.54, 1.807) is 51.1 Å². The maximum absolute atomic E-state index is 12.7. The standard InChI is InChI=1S/C22H26N4O5/c1-13-20(24)25-17-12-15(6-9-18(17)30-13)19(23)21(27)31-22(2,3)11-10-14-4-7-16(8-5-14)26(28)29/h4-9,12-13,19H,10-11,23H2,1-3H3,(H2,24,25). The first-order valence-electron chi connectivity index (χ1n) is 9.92. The van der Waals surface area contributed by atoms with Gasteiger partial charge in [0.15, 0.2) is 6.10 Å². The predicted octanol–water partition coefficient (Wildman–Crippen LogP) is 3.32. The number of non-ortho nitro benzene ring substituents is 1. The number of hydrogen-bond donors (Lipinski definition) is 2. The number of amidine groups is 1. The lowest BCUT2D eigenvalue weighted by Gasteiger charge is -2.27. The van der Waals surface area contributed by atoms with E-state index < -0.39 is 22.5 Å². The molecule has 2 unspecified atom stereocenters. The molecule has 3 rings (SSSR count). The number of carbonyl (C=O) groups excluding carboxylic acids is 1. The quantitative estimate of drug-likeness (QED) is 0.393. The largest absolute Gasteiger partial charge is 0.481 e. The van der Waals surface area contributed by atoms with Gasteiger partial charge in [-0.05, 0) is 56.9 Å². The molecule has 0 amide bonds. The normalized spacial score (nSPS) is 16.5. The van der Waals surface area contributed by atoms with Crippen LogP contribution in [0.4, 0.5) is 11.4 Å². The highest BCUT2D eigenvalue weighted by molar-refractivity contribution is 5.90. The van der Waals surface area contributed by atoms with Gasteiger partial charge in [-0.25, -0.2) is 9.79 Å².